The van der Waals surface area contributed by atoms with E-state index >= 15 is 0 Å². The molecule has 4 aliphatic carbocycles. The van der Waals surface area contributed by atoms with E-state index in [0.29, 0.717) is 18.3 Å². The number of hydrogen-bond donors (Lipinski definition) is 4. The minimum atomic E-state index is -0.829. The summed E-state index contributed by atoms with van der Waals surface area (Å²) in [5, 5.41) is 49.0. The summed E-state index contributed by atoms with van der Waals surface area (Å²) in [5.74, 6) is 1.08. The number of hydrogen-bond acceptors (Lipinski definition) is 6. The Kier molecular flexibility index (Phi) is 8.44. The van der Waals surface area contributed by atoms with Crippen molar-refractivity contribution in [3.63, 3.8) is 0 Å². The number of non-ortho nitro benzene ring substituents is 1. The smallest absolute Gasteiger partial charge is 0.269 e. The molecule has 0 saturated heterocycles. The average molecular weight is 585 g/mol. The number of aliphatic hydroxyl groups is 3. The van der Waals surface area contributed by atoms with E-state index in [1.54, 1.807) is 12.1 Å². The molecular formula is C35H56N2O5. The Labute approximate surface area is 253 Å². The van der Waals surface area contributed by atoms with Crippen LogP contribution in [0.25, 0.3) is 0 Å². The third kappa shape index (κ3) is 5.04. The van der Waals surface area contributed by atoms with Gasteiger partial charge in [-0.3, -0.25) is 10.1 Å². The van der Waals surface area contributed by atoms with Gasteiger partial charge in [0.15, 0.2) is 0 Å². The topological polar surface area (TPSA) is 116 Å². The highest BCUT2D eigenvalue weighted by atomic mass is 16.6. The Morgan fingerprint density at radius 1 is 0.952 bits per heavy atom. The SMILES string of the molecule is CC1(C)[C@@H](O)CC[C@]2(C)[C@H]3C[C@@H](O)[C@@H]4[C@@H]([C@@](C)(O)CCCNCCc5ccc([N+](=O)[O-])cc5)CC[C@@]4(C)[C@]3(C)CC[C@@H]12. The first-order chi connectivity index (χ1) is 19.6. The number of benzene rings is 1. The molecular weight excluding hydrogens is 528 g/mol. The minimum absolute atomic E-state index is 0.0127. The van der Waals surface area contributed by atoms with Crippen LogP contribution in [0.2, 0.25) is 0 Å². The molecule has 1 aromatic carbocycles. The highest BCUT2D eigenvalue weighted by molar-refractivity contribution is 5.33. The Hall–Kier alpha value is -1.54. The van der Waals surface area contributed by atoms with Gasteiger partial charge in [0.1, 0.15) is 0 Å². The van der Waals surface area contributed by atoms with Gasteiger partial charge in [0.25, 0.3) is 5.69 Å². The van der Waals surface area contributed by atoms with Gasteiger partial charge in [0, 0.05) is 12.1 Å². The number of rotatable bonds is 9. The predicted molar refractivity (Wildman–Crippen MR) is 166 cm³/mol. The summed E-state index contributed by atoms with van der Waals surface area (Å²) < 4.78 is 0. The van der Waals surface area contributed by atoms with Gasteiger partial charge >= 0.3 is 0 Å². The summed E-state index contributed by atoms with van der Waals surface area (Å²) >= 11 is 0. The first-order valence-corrected chi connectivity index (χ1v) is 16.6. The summed E-state index contributed by atoms with van der Waals surface area (Å²) in [6.45, 7) is 15.6. The van der Waals surface area contributed by atoms with Crippen molar-refractivity contribution in [3.8, 4) is 0 Å². The third-order valence-corrected chi connectivity index (χ3v) is 13.9. The monoisotopic (exact) mass is 584 g/mol. The van der Waals surface area contributed by atoms with Gasteiger partial charge in [0.05, 0.1) is 22.7 Å². The van der Waals surface area contributed by atoms with E-state index in [1.807, 2.05) is 19.1 Å². The maximum atomic E-state index is 11.9. The first-order valence-electron chi connectivity index (χ1n) is 16.6. The van der Waals surface area contributed by atoms with Gasteiger partial charge < -0.3 is 20.6 Å². The molecule has 0 unspecified atom stereocenters. The maximum absolute atomic E-state index is 11.9. The van der Waals surface area contributed by atoms with Gasteiger partial charge in [-0.2, -0.15) is 0 Å². The molecule has 0 aromatic heterocycles. The number of nitrogens with one attached hydrogen (secondary N) is 1. The molecule has 4 N–H and O–H groups in total. The number of fused-ring (bicyclic) bond motifs is 5. The van der Waals surface area contributed by atoms with Gasteiger partial charge in [0.2, 0.25) is 0 Å². The molecule has 5 rings (SSSR count). The number of aliphatic hydroxyl groups excluding tert-OH is 2. The maximum Gasteiger partial charge on any atom is 0.269 e. The molecule has 4 aliphatic rings. The van der Waals surface area contributed by atoms with Gasteiger partial charge in [-0.25, -0.2) is 0 Å². The minimum Gasteiger partial charge on any atom is -0.393 e. The molecule has 0 aliphatic heterocycles. The molecule has 4 fully saturated rings. The second-order valence-corrected chi connectivity index (χ2v) is 16.2. The highest BCUT2D eigenvalue weighted by Crippen LogP contribution is 2.75. The molecule has 42 heavy (non-hydrogen) atoms. The zero-order valence-electron chi connectivity index (χ0n) is 26.9. The molecule has 0 spiro atoms. The van der Waals surface area contributed by atoms with Crippen molar-refractivity contribution in [3.05, 3.63) is 39.9 Å². The molecule has 10 atom stereocenters. The molecule has 0 bridgehead atoms. The van der Waals surface area contributed by atoms with Crippen molar-refractivity contribution in [1.82, 2.24) is 5.32 Å². The summed E-state index contributed by atoms with van der Waals surface area (Å²) in [5.41, 5.74) is 0.472. The largest absolute Gasteiger partial charge is 0.393 e. The Bertz CT molecular complexity index is 1140. The molecule has 1 aromatic rings. The zero-order chi connectivity index (χ0) is 30.7. The van der Waals surface area contributed by atoms with Crippen LogP contribution in [-0.4, -0.2) is 51.1 Å². The van der Waals surface area contributed by atoms with Crippen LogP contribution in [0.3, 0.4) is 0 Å². The predicted octanol–water partition coefficient (Wildman–Crippen LogP) is 6.27. The summed E-state index contributed by atoms with van der Waals surface area (Å²) in [6, 6.07) is 6.73. The van der Waals surface area contributed by atoms with Crippen molar-refractivity contribution < 1.29 is 20.2 Å². The van der Waals surface area contributed by atoms with Crippen LogP contribution in [0, 0.1) is 55.4 Å². The average Bonchev–Trinajstić information content (AvgIpc) is 3.31. The van der Waals surface area contributed by atoms with Crippen LogP contribution in [0.5, 0.6) is 0 Å². The molecule has 4 saturated carbocycles. The summed E-state index contributed by atoms with van der Waals surface area (Å²) in [4.78, 5) is 10.5. The van der Waals surface area contributed by atoms with Crippen molar-refractivity contribution >= 4 is 5.69 Å². The Morgan fingerprint density at radius 3 is 2.29 bits per heavy atom. The van der Waals surface area contributed by atoms with Gasteiger partial charge in [-0.05, 0) is 135 Å². The van der Waals surface area contributed by atoms with Crippen molar-refractivity contribution in [2.75, 3.05) is 13.1 Å². The first kappa shape index (κ1) is 31.9. The van der Waals surface area contributed by atoms with Crippen LogP contribution in [-0.2, 0) is 6.42 Å². The molecule has 0 heterocycles. The van der Waals surface area contributed by atoms with Crippen LogP contribution < -0.4 is 5.32 Å². The fraction of sp³-hybridized carbons (Fsp3) is 0.829. The second kappa shape index (κ2) is 11.1. The molecule has 7 heteroatoms. The van der Waals surface area contributed by atoms with Crippen LogP contribution in [0.4, 0.5) is 5.69 Å². The van der Waals surface area contributed by atoms with Gasteiger partial charge in [-0.1, -0.05) is 46.8 Å². The number of nitro benzene ring substituents is 1. The standard InChI is InChI=1S/C35H56N2O5/c1-31(2)27-13-19-33(4)28(32(27,3)17-14-29(31)39)22-26(38)30-25(12-18-34(30,33)5)35(6,40)16-7-20-36-21-15-23-8-10-24(11-9-23)37(41)42/h8-11,25-30,36,38-40H,7,12-22H2,1-6H3/t25-,26+,27-,28+,29-,30-,32-,33+,34+,35-/m0/s1. The molecule has 7 nitrogen and oxygen atoms in total. The van der Waals surface area contributed by atoms with E-state index in [-0.39, 0.29) is 50.2 Å². The highest BCUT2D eigenvalue weighted by Gasteiger charge is 2.71. The van der Waals surface area contributed by atoms with E-state index in [2.05, 4.69) is 39.9 Å². The zero-order valence-corrected chi connectivity index (χ0v) is 26.9. The lowest BCUT2D eigenvalue weighted by atomic mass is 9.35. The lowest BCUT2D eigenvalue weighted by Crippen LogP contribution is -2.66. The third-order valence-electron chi connectivity index (χ3n) is 13.9. The van der Waals surface area contributed by atoms with E-state index < -0.39 is 11.7 Å². The van der Waals surface area contributed by atoms with E-state index in [4.69, 9.17) is 0 Å². The second-order valence-electron chi connectivity index (χ2n) is 16.2. The van der Waals surface area contributed by atoms with Crippen molar-refractivity contribution in [2.24, 2.45) is 45.3 Å². The number of nitro groups is 1. The van der Waals surface area contributed by atoms with E-state index in [0.717, 1.165) is 76.4 Å². The fourth-order valence-corrected chi connectivity index (χ4v) is 11.3. The number of nitrogens with zero attached hydrogens (tertiary/aromatic N) is 1. The Morgan fingerprint density at radius 2 is 1.62 bits per heavy atom. The van der Waals surface area contributed by atoms with Crippen LogP contribution >= 0.6 is 0 Å². The van der Waals surface area contributed by atoms with Crippen molar-refractivity contribution in [1.29, 1.82) is 0 Å². The summed E-state index contributed by atoms with van der Waals surface area (Å²) in [6.07, 6.45) is 8.71. The van der Waals surface area contributed by atoms with E-state index in [9.17, 15) is 25.4 Å². The quantitative estimate of drug-likeness (QED) is 0.154. The van der Waals surface area contributed by atoms with Crippen LogP contribution in [0.15, 0.2) is 24.3 Å². The van der Waals surface area contributed by atoms with Gasteiger partial charge in [-0.15, -0.1) is 0 Å². The van der Waals surface area contributed by atoms with Crippen LogP contribution in [0.1, 0.15) is 105 Å². The molecule has 0 amide bonds. The molecule has 0 radical (unpaired) electrons. The lowest BCUT2D eigenvalue weighted by Gasteiger charge is -2.70. The normalized spacial score (nSPS) is 42.2. The van der Waals surface area contributed by atoms with E-state index in [1.165, 1.54) is 0 Å². The molecule has 236 valence electrons. The fourth-order valence-electron chi connectivity index (χ4n) is 11.3. The lowest BCUT2D eigenvalue weighted by molar-refractivity contribution is -0.384. The Balaban J connectivity index is 1.21. The summed E-state index contributed by atoms with van der Waals surface area (Å²) in [7, 11) is 0. The van der Waals surface area contributed by atoms with Crippen molar-refractivity contribution in [2.45, 2.75) is 124 Å².